The Morgan fingerprint density at radius 3 is 2.65 bits per heavy atom. The van der Waals surface area contributed by atoms with E-state index in [0.29, 0.717) is 16.9 Å². The average Bonchev–Trinajstić information content (AvgIpc) is 3.35. The molecule has 31 heavy (non-hydrogen) atoms. The average molecular weight is 420 g/mol. The van der Waals surface area contributed by atoms with Crippen molar-refractivity contribution in [1.82, 2.24) is 19.3 Å². The van der Waals surface area contributed by atoms with E-state index in [1.54, 1.807) is 12.5 Å². The van der Waals surface area contributed by atoms with Crippen LogP contribution >= 0.6 is 0 Å². The summed E-state index contributed by atoms with van der Waals surface area (Å²) in [5, 5.41) is 9.60. The van der Waals surface area contributed by atoms with E-state index < -0.39 is 5.82 Å². The van der Waals surface area contributed by atoms with Gasteiger partial charge in [-0.25, -0.2) is 9.37 Å². The fraction of sp³-hybridized carbons (Fsp3) is 0.182. The van der Waals surface area contributed by atoms with Crippen LogP contribution in [-0.2, 0) is 17.9 Å². The SMILES string of the molecule is CCCn1cnc2cc(NC(=O)Cn3cc(NC(=O)c4ccc(F)cc4)cn3)ccc21. The third-order valence-electron chi connectivity index (χ3n) is 4.67. The molecule has 0 aliphatic carbocycles. The second-order valence-corrected chi connectivity index (χ2v) is 7.08. The smallest absolute Gasteiger partial charge is 0.255 e. The first-order chi connectivity index (χ1) is 15.0. The molecule has 4 aromatic rings. The number of anilines is 2. The number of aromatic nitrogens is 4. The number of fused-ring (bicyclic) bond motifs is 1. The predicted molar refractivity (Wildman–Crippen MR) is 115 cm³/mol. The van der Waals surface area contributed by atoms with Crippen molar-refractivity contribution in [3.63, 3.8) is 0 Å². The number of aryl methyl sites for hydroxylation is 1. The Morgan fingerprint density at radius 1 is 1.06 bits per heavy atom. The second kappa shape index (κ2) is 8.78. The first-order valence-corrected chi connectivity index (χ1v) is 9.86. The number of hydrogen-bond donors (Lipinski definition) is 2. The van der Waals surface area contributed by atoms with Gasteiger partial charge in [0.05, 0.1) is 29.2 Å². The highest BCUT2D eigenvalue weighted by Crippen LogP contribution is 2.19. The van der Waals surface area contributed by atoms with E-state index in [9.17, 15) is 14.0 Å². The molecule has 9 heteroatoms. The van der Waals surface area contributed by atoms with Gasteiger partial charge in [-0.15, -0.1) is 0 Å². The van der Waals surface area contributed by atoms with Gasteiger partial charge in [-0.1, -0.05) is 6.92 Å². The number of rotatable bonds is 7. The number of imidazole rings is 1. The van der Waals surface area contributed by atoms with Gasteiger partial charge in [-0.3, -0.25) is 14.3 Å². The van der Waals surface area contributed by atoms with Crippen molar-refractivity contribution >= 4 is 34.2 Å². The molecule has 2 N–H and O–H groups in total. The molecule has 0 aliphatic heterocycles. The summed E-state index contributed by atoms with van der Waals surface area (Å²) in [6.07, 6.45) is 5.81. The van der Waals surface area contributed by atoms with Crippen LogP contribution in [0.25, 0.3) is 11.0 Å². The standard InChI is InChI=1S/C22H21FN6O2/c1-2-9-28-14-24-19-10-17(7-8-20(19)28)26-21(30)13-29-12-18(11-25-29)27-22(31)15-3-5-16(23)6-4-15/h3-8,10-12,14H,2,9,13H2,1H3,(H,26,30)(H,27,31). The fourth-order valence-electron chi connectivity index (χ4n) is 3.23. The number of amides is 2. The Balaban J connectivity index is 1.36. The minimum Gasteiger partial charge on any atom is -0.331 e. The maximum atomic E-state index is 13.0. The largest absolute Gasteiger partial charge is 0.331 e. The zero-order valence-corrected chi connectivity index (χ0v) is 16.9. The molecule has 4 rings (SSSR count). The van der Waals surface area contributed by atoms with Crippen LogP contribution in [0.15, 0.2) is 61.2 Å². The second-order valence-electron chi connectivity index (χ2n) is 7.08. The minimum atomic E-state index is -0.413. The summed E-state index contributed by atoms with van der Waals surface area (Å²) >= 11 is 0. The lowest BCUT2D eigenvalue weighted by Gasteiger charge is -2.06. The van der Waals surface area contributed by atoms with Crippen LogP contribution in [0.4, 0.5) is 15.8 Å². The van der Waals surface area contributed by atoms with Crippen LogP contribution in [0.2, 0.25) is 0 Å². The van der Waals surface area contributed by atoms with Crippen molar-refractivity contribution in [3.05, 3.63) is 72.6 Å². The first kappa shape index (κ1) is 20.3. The van der Waals surface area contributed by atoms with Gasteiger partial charge in [0.1, 0.15) is 12.4 Å². The van der Waals surface area contributed by atoms with Gasteiger partial charge in [-0.05, 0) is 48.9 Å². The van der Waals surface area contributed by atoms with Crippen molar-refractivity contribution in [2.45, 2.75) is 26.4 Å². The molecule has 2 aromatic heterocycles. The molecule has 0 spiro atoms. The molecule has 0 saturated heterocycles. The number of nitrogens with zero attached hydrogens (tertiary/aromatic N) is 4. The summed E-state index contributed by atoms with van der Waals surface area (Å²) in [5.41, 5.74) is 3.24. The van der Waals surface area contributed by atoms with E-state index >= 15 is 0 Å². The summed E-state index contributed by atoms with van der Waals surface area (Å²) in [7, 11) is 0. The number of hydrogen-bond acceptors (Lipinski definition) is 4. The molecule has 0 atom stereocenters. The van der Waals surface area contributed by atoms with Crippen LogP contribution < -0.4 is 10.6 Å². The number of halogens is 1. The normalized spacial score (nSPS) is 10.9. The summed E-state index contributed by atoms with van der Waals surface area (Å²) in [5.74, 6) is -1.06. The Hall–Kier alpha value is -4.01. The highest BCUT2D eigenvalue weighted by atomic mass is 19.1. The molecule has 0 unspecified atom stereocenters. The van der Waals surface area contributed by atoms with Gasteiger partial charge < -0.3 is 15.2 Å². The molecule has 158 valence electrons. The van der Waals surface area contributed by atoms with Crippen LogP contribution in [0.5, 0.6) is 0 Å². The third-order valence-corrected chi connectivity index (χ3v) is 4.67. The molecule has 0 fully saturated rings. The summed E-state index contributed by atoms with van der Waals surface area (Å²) in [4.78, 5) is 29.0. The summed E-state index contributed by atoms with van der Waals surface area (Å²) in [6.45, 7) is 2.98. The number of nitrogens with one attached hydrogen (secondary N) is 2. The molecular weight excluding hydrogens is 399 g/mol. The van der Waals surface area contributed by atoms with Gasteiger partial charge in [0.25, 0.3) is 5.91 Å². The molecule has 2 amide bonds. The van der Waals surface area contributed by atoms with Gasteiger partial charge >= 0.3 is 0 Å². The quantitative estimate of drug-likeness (QED) is 0.477. The molecule has 2 heterocycles. The molecular formula is C22H21FN6O2. The van der Waals surface area contributed by atoms with Crippen LogP contribution in [0.3, 0.4) is 0 Å². The fourth-order valence-corrected chi connectivity index (χ4v) is 3.23. The highest BCUT2D eigenvalue weighted by Gasteiger charge is 2.10. The molecule has 8 nitrogen and oxygen atoms in total. The van der Waals surface area contributed by atoms with Crippen LogP contribution in [0, 0.1) is 5.82 Å². The van der Waals surface area contributed by atoms with Crippen molar-refractivity contribution < 1.29 is 14.0 Å². The monoisotopic (exact) mass is 420 g/mol. The lowest BCUT2D eigenvalue weighted by molar-refractivity contribution is -0.116. The van der Waals surface area contributed by atoms with E-state index in [1.807, 2.05) is 18.2 Å². The van der Waals surface area contributed by atoms with Gasteiger partial charge in [0, 0.05) is 24.0 Å². The minimum absolute atomic E-state index is 0.0191. The lowest BCUT2D eigenvalue weighted by Crippen LogP contribution is -2.19. The van der Waals surface area contributed by atoms with Crippen LogP contribution in [0.1, 0.15) is 23.7 Å². The van der Waals surface area contributed by atoms with Crippen molar-refractivity contribution in [1.29, 1.82) is 0 Å². The number of benzene rings is 2. The molecule has 0 aliphatic rings. The molecule has 0 saturated carbocycles. The van der Waals surface area contributed by atoms with E-state index in [1.165, 1.54) is 35.1 Å². The van der Waals surface area contributed by atoms with Gasteiger partial charge in [0.15, 0.2) is 0 Å². The van der Waals surface area contributed by atoms with Crippen molar-refractivity contribution in [3.8, 4) is 0 Å². The molecule has 0 bridgehead atoms. The lowest BCUT2D eigenvalue weighted by atomic mass is 10.2. The Bertz CT molecular complexity index is 1230. The van der Waals surface area contributed by atoms with E-state index in [2.05, 4.69) is 32.2 Å². The van der Waals surface area contributed by atoms with Gasteiger partial charge in [-0.2, -0.15) is 5.10 Å². The Labute approximate surface area is 177 Å². The predicted octanol–water partition coefficient (Wildman–Crippen LogP) is 3.67. The number of carbonyl (C=O) groups excluding carboxylic acids is 2. The van der Waals surface area contributed by atoms with E-state index in [0.717, 1.165) is 24.0 Å². The maximum absolute atomic E-state index is 13.0. The first-order valence-electron chi connectivity index (χ1n) is 9.86. The topological polar surface area (TPSA) is 93.8 Å². The zero-order valence-electron chi connectivity index (χ0n) is 16.9. The zero-order chi connectivity index (χ0) is 21.8. The summed E-state index contributed by atoms with van der Waals surface area (Å²) in [6, 6.07) is 10.8. The van der Waals surface area contributed by atoms with E-state index in [4.69, 9.17) is 0 Å². The van der Waals surface area contributed by atoms with Crippen molar-refractivity contribution in [2.24, 2.45) is 0 Å². The molecule has 2 aromatic carbocycles. The highest BCUT2D eigenvalue weighted by molar-refractivity contribution is 6.04. The third kappa shape index (κ3) is 4.77. The number of carbonyl (C=O) groups is 2. The Morgan fingerprint density at radius 2 is 1.87 bits per heavy atom. The maximum Gasteiger partial charge on any atom is 0.255 e. The van der Waals surface area contributed by atoms with E-state index in [-0.39, 0.29) is 18.4 Å². The summed E-state index contributed by atoms with van der Waals surface area (Å²) < 4.78 is 16.5. The van der Waals surface area contributed by atoms with Gasteiger partial charge in [0.2, 0.25) is 5.91 Å². The van der Waals surface area contributed by atoms with Crippen LogP contribution in [-0.4, -0.2) is 31.1 Å². The van der Waals surface area contributed by atoms with Crippen molar-refractivity contribution in [2.75, 3.05) is 10.6 Å². The molecule has 0 radical (unpaired) electrons. The Kier molecular flexibility index (Phi) is 5.74.